The van der Waals surface area contributed by atoms with Crippen molar-refractivity contribution >= 4 is 47.4 Å². The lowest BCUT2D eigenvalue weighted by Gasteiger charge is -2.15. The van der Waals surface area contributed by atoms with Gasteiger partial charge in [-0.05, 0) is 72.5 Å². The van der Waals surface area contributed by atoms with Gasteiger partial charge in [0.2, 0.25) is 0 Å². The van der Waals surface area contributed by atoms with Crippen LogP contribution in [0.1, 0.15) is 31.7 Å². The molecule has 3 aromatic rings. The number of sulfonamides is 2. The molecule has 7 nitrogen and oxygen atoms in total. The Morgan fingerprint density at radius 3 is 2.00 bits per heavy atom. The minimum atomic E-state index is -3.97. The van der Waals surface area contributed by atoms with Crippen LogP contribution in [0.3, 0.4) is 0 Å². The van der Waals surface area contributed by atoms with Crippen molar-refractivity contribution in [2.45, 2.75) is 36.0 Å². The normalized spacial score (nSPS) is 12.7. The smallest absolute Gasteiger partial charge is 0.262 e. The van der Waals surface area contributed by atoms with Crippen LogP contribution in [0, 0.1) is 0 Å². The second-order valence-electron chi connectivity index (χ2n) is 7.46. The molecule has 0 aliphatic rings. The van der Waals surface area contributed by atoms with Crippen LogP contribution in [0.4, 0.5) is 11.4 Å². The molecule has 0 saturated heterocycles. The molecular weight excluding hydrogens is 528 g/mol. The lowest BCUT2D eigenvalue weighted by molar-refractivity contribution is 0.416. The van der Waals surface area contributed by atoms with E-state index in [1.54, 1.807) is 36.4 Å². The quantitative estimate of drug-likeness (QED) is 0.361. The van der Waals surface area contributed by atoms with E-state index in [1.165, 1.54) is 37.4 Å². The molecule has 0 fully saturated rings. The molecule has 176 valence electrons. The first-order valence-corrected chi connectivity index (χ1v) is 13.9. The van der Waals surface area contributed by atoms with Crippen LogP contribution in [-0.2, 0) is 20.0 Å². The number of anilines is 2. The van der Waals surface area contributed by atoms with Crippen molar-refractivity contribution in [1.29, 1.82) is 0 Å². The van der Waals surface area contributed by atoms with Crippen molar-refractivity contribution < 1.29 is 21.6 Å². The van der Waals surface area contributed by atoms with Crippen molar-refractivity contribution in [3.8, 4) is 5.75 Å². The molecule has 3 rings (SSSR count). The van der Waals surface area contributed by atoms with Crippen LogP contribution in [-0.4, -0.2) is 23.9 Å². The summed E-state index contributed by atoms with van der Waals surface area (Å²) in [4.78, 5) is -0.0473. The van der Waals surface area contributed by atoms with E-state index in [-0.39, 0.29) is 21.2 Å². The number of halogens is 1. The molecule has 0 aromatic heterocycles. The summed E-state index contributed by atoms with van der Waals surface area (Å²) in [5.74, 6) is 0.507. The predicted molar refractivity (Wildman–Crippen MR) is 134 cm³/mol. The van der Waals surface area contributed by atoms with E-state index in [4.69, 9.17) is 4.74 Å². The molecule has 0 heterocycles. The standard InChI is InChI=1S/C23H25BrN2O5S2/c1-4-16(2)17-5-11-20(12-6-17)32(27,28)26-22-15-21(13-14-23(22)31-3)33(29,30)25-19-9-7-18(24)8-10-19/h5-16,25-26H,4H2,1-3H3. The number of hydrogen-bond acceptors (Lipinski definition) is 5. The molecule has 0 aliphatic carbocycles. The Hall–Kier alpha value is -2.56. The molecule has 10 heteroatoms. The Bertz CT molecular complexity index is 1320. The minimum absolute atomic E-state index is 0.0159. The molecule has 1 atom stereocenters. The fraction of sp³-hybridized carbons (Fsp3) is 0.217. The van der Waals surface area contributed by atoms with Gasteiger partial charge in [0.15, 0.2) is 0 Å². The van der Waals surface area contributed by atoms with Crippen molar-refractivity contribution in [2.75, 3.05) is 16.6 Å². The average Bonchev–Trinajstić information content (AvgIpc) is 2.79. The van der Waals surface area contributed by atoms with Crippen LogP contribution >= 0.6 is 15.9 Å². The zero-order chi connectivity index (χ0) is 24.2. The minimum Gasteiger partial charge on any atom is -0.495 e. The highest BCUT2D eigenvalue weighted by molar-refractivity contribution is 9.10. The summed E-state index contributed by atoms with van der Waals surface area (Å²) in [5, 5.41) is 0. The van der Waals surface area contributed by atoms with Crippen molar-refractivity contribution in [3.63, 3.8) is 0 Å². The van der Waals surface area contributed by atoms with Crippen molar-refractivity contribution in [1.82, 2.24) is 0 Å². The van der Waals surface area contributed by atoms with Crippen molar-refractivity contribution in [2.24, 2.45) is 0 Å². The van der Waals surface area contributed by atoms with Crippen LogP contribution in [0.5, 0.6) is 5.75 Å². The molecule has 0 amide bonds. The van der Waals surface area contributed by atoms with Gasteiger partial charge in [-0.1, -0.05) is 41.9 Å². The molecule has 1 unspecified atom stereocenters. The number of nitrogens with one attached hydrogen (secondary N) is 2. The van der Waals surface area contributed by atoms with Gasteiger partial charge in [0.1, 0.15) is 5.75 Å². The summed E-state index contributed by atoms with van der Waals surface area (Å²) >= 11 is 3.30. The summed E-state index contributed by atoms with van der Waals surface area (Å²) in [5.41, 5.74) is 1.43. The van der Waals surface area contributed by atoms with Gasteiger partial charge in [-0.25, -0.2) is 16.8 Å². The fourth-order valence-corrected chi connectivity index (χ4v) is 5.49. The highest BCUT2D eigenvalue weighted by atomic mass is 79.9. The molecule has 3 aromatic carbocycles. The zero-order valence-electron chi connectivity index (χ0n) is 18.4. The lowest BCUT2D eigenvalue weighted by atomic mass is 9.99. The number of benzene rings is 3. The third-order valence-corrected chi connectivity index (χ3v) is 8.48. The first-order chi connectivity index (χ1) is 15.6. The van der Waals surface area contributed by atoms with Gasteiger partial charge < -0.3 is 4.74 Å². The van der Waals surface area contributed by atoms with Crippen LogP contribution in [0.2, 0.25) is 0 Å². The zero-order valence-corrected chi connectivity index (χ0v) is 21.6. The van der Waals surface area contributed by atoms with Gasteiger partial charge in [-0.2, -0.15) is 0 Å². The summed E-state index contributed by atoms with van der Waals surface area (Å²) in [6.07, 6.45) is 0.942. The van der Waals surface area contributed by atoms with Gasteiger partial charge in [0, 0.05) is 10.2 Å². The maximum atomic E-state index is 13.0. The van der Waals surface area contributed by atoms with E-state index in [9.17, 15) is 16.8 Å². The molecule has 0 spiro atoms. The van der Waals surface area contributed by atoms with E-state index >= 15 is 0 Å². The Morgan fingerprint density at radius 2 is 1.42 bits per heavy atom. The van der Waals surface area contributed by atoms with E-state index < -0.39 is 20.0 Å². The molecule has 33 heavy (non-hydrogen) atoms. The van der Waals surface area contributed by atoms with Gasteiger partial charge in [-0.15, -0.1) is 0 Å². The molecule has 2 N–H and O–H groups in total. The SMILES string of the molecule is CCC(C)c1ccc(S(=O)(=O)Nc2cc(S(=O)(=O)Nc3ccc(Br)cc3)ccc2OC)cc1. The number of methoxy groups -OCH3 is 1. The number of hydrogen-bond donors (Lipinski definition) is 2. The van der Waals surface area contributed by atoms with E-state index in [2.05, 4.69) is 39.2 Å². The number of rotatable bonds is 9. The second kappa shape index (κ2) is 10.1. The fourth-order valence-electron chi connectivity index (χ4n) is 3.08. The number of ether oxygens (including phenoxy) is 1. The first-order valence-electron chi connectivity index (χ1n) is 10.1. The highest BCUT2D eigenvalue weighted by Gasteiger charge is 2.21. The molecule has 0 bridgehead atoms. The lowest BCUT2D eigenvalue weighted by Crippen LogP contribution is -2.16. The summed E-state index contributed by atoms with van der Waals surface area (Å²) in [6.45, 7) is 4.14. The van der Waals surface area contributed by atoms with Gasteiger partial charge in [0.05, 0.1) is 22.6 Å². The largest absolute Gasteiger partial charge is 0.495 e. The molecule has 0 saturated carbocycles. The first kappa shape index (κ1) is 25.1. The van der Waals surface area contributed by atoms with Crippen LogP contribution < -0.4 is 14.2 Å². The maximum absolute atomic E-state index is 13.0. The second-order valence-corrected chi connectivity index (χ2v) is 11.7. The maximum Gasteiger partial charge on any atom is 0.262 e. The Labute approximate surface area is 203 Å². The topological polar surface area (TPSA) is 102 Å². The summed E-state index contributed by atoms with van der Waals surface area (Å²) < 4.78 is 62.6. The van der Waals surface area contributed by atoms with Crippen LogP contribution in [0.15, 0.2) is 81.0 Å². The Balaban J connectivity index is 1.91. The van der Waals surface area contributed by atoms with E-state index in [0.29, 0.717) is 11.6 Å². The van der Waals surface area contributed by atoms with Gasteiger partial charge in [-0.3, -0.25) is 9.44 Å². The molecule has 0 aliphatic heterocycles. The third kappa shape index (κ3) is 6.07. The Kier molecular flexibility index (Phi) is 7.71. The summed E-state index contributed by atoms with van der Waals surface area (Å²) in [7, 11) is -6.56. The monoisotopic (exact) mass is 552 g/mol. The Morgan fingerprint density at radius 1 is 0.848 bits per heavy atom. The highest BCUT2D eigenvalue weighted by Crippen LogP contribution is 2.31. The van der Waals surface area contributed by atoms with Crippen LogP contribution in [0.25, 0.3) is 0 Å². The van der Waals surface area contributed by atoms with E-state index in [1.807, 2.05) is 0 Å². The van der Waals surface area contributed by atoms with Gasteiger partial charge >= 0.3 is 0 Å². The van der Waals surface area contributed by atoms with Gasteiger partial charge in [0.25, 0.3) is 20.0 Å². The predicted octanol–water partition coefficient (Wildman–Crippen LogP) is 5.57. The molecule has 0 radical (unpaired) electrons. The van der Waals surface area contributed by atoms with Crippen molar-refractivity contribution in [3.05, 3.63) is 76.8 Å². The average molecular weight is 554 g/mol. The van der Waals surface area contributed by atoms with E-state index in [0.717, 1.165) is 16.5 Å². The third-order valence-electron chi connectivity index (χ3n) is 5.19. The summed E-state index contributed by atoms with van der Waals surface area (Å²) in [6, 6.07) is 17.2. The molecular formula is C23H25BrN2O5S2.